The number of rotatable bonds is 10. The van der Waals surface area contributed by atoms with Crippen LogP contribution in [0.5, 0.6) is 0 Å². The van der Waals surface area contributed by atoms with Gasteiger partial charge in [-0.05, 0) is 37.8 Å². The molecule has 0 fully saturated rings. The molecule has 0 radical (unpaired) electrons. The third-order valence-electron chi connectivity index (χ3n) is 4.30. The van der Waals surface area contributed by atoms with Crippen LogP contribution in [-0.2, 0) is 11.3 Å². The van der Waals surface area contributed by atoms with Crippen LogP contribution in [0, 0.1) is 12.8 Å². The maximum Gasteiger partial charge on any atom is 0.191 e. The van der Waals surface area contributed by atoms with Crippen LogP contribution in [0.15, 0.2) is 29.3 Å². The monoisotopic (exact) mass is 487 g/mol. The summed E-state index contributed by atoms with van der Waals surface area (Å²) in [4.78, 5) is 8.87. The van der Waals surface area contributed by atoms with Crippen molar-refractivity contribution in [3.63, 3.8) is 0 Å². The lowest BCUT2D eigenvalue weighted by Gasteiger charge is -2.13. The van der Waals surface area contributed by atoms with E-state index < -0.39 is 0 Å². The van der Waals surface area contributed by atoms with Crippen molar-refractivity contribution in [3.05, 3.63) is 30.1 Å². The quantitative estimate of drug-likeness (QED) is 0.233. The van der Waals surface area contributed by atoms with E-state index in [1.165, 1.54) is 5.52 Å². The Morgan fingerprint density at radius 1 is 1.19 bits per heavy atom. The van der Waals surface area contributed by atoms with Gasteiger partial charge in [0, 0.05) is 33.3 Å². The van der Waals surface area contributed by atoms with Crippen molar-refractivity contribution in [2.24, 2.45) is 10.9 Å². The number of halogens is 1. The van der Waals surface area contributed by atoms with Gasteiger partial charge in [0.1, 0.15) is 5.82 Å². The van der Waals surface area contributed by atoms with Crippen LogP contribution < -0.4 is 10.6 Å². The van der Waals surface area contributed by atoms with Crippen molar-refractivity contribution in [3.8, 4) is 0 Å². The molecular formula is C20H34IN5O. The molecule has 1 aromatic heterocycles. The first-order chi connectivity index (χ1) is 12.6. The van der Waals surface area contributed by atoms with Gasteiger partial charge < -0.3 is 19.9 Å². The molecule has 0 aliphatic heterocycles. The van der Waals surface area contributed by atoms with Crippen LogP contribution in [-0.4, -0.2) is 48.9 Å². The molecule has 7 heteroatoms. The number of aryl methyl sites for hydroxylation is 2. The Kier molecular flexibility index (Phi) is 11.3. The Morgan fingerprint density at radius 3 is 2.67 bits per heavy atom. The predicted octanol–water partition coefficient (Wildman–Crippen LogP) is 3.58. The number of hydrogen-bond donors (Lipinski definition) is 2. The molecule has 2 rings (SSSR count). The zero-order chi connectivity index (χ0) is 18.8. The molecule has 1 aromatic carbocycles. The Balaban J connectivity index is 0.00000364. The van der Waals surface area contributed by atoms with Crippen molar-refractivity contribution in [1.82, 2.24) is 20.2 Å². The van der Waals surface area contributed by atoms with Gasteiger partial charge in [0.2, 0.25) is 0 Å². The normalized spacial score (nSPS) is 11.7. The van der Waals surface area contributed by atoms with E-state index >= 15 is 0 Å². The smallest absolute Gasteiger partial charge is 0.191 e. The summed E-state index contributed by atoms with van der Waals surface area (Å²) >= 11 is 0. The van der Waals surface area contributed by atoms with Crippen LogP contribution in [0.3, 0.4) is 0 Å². The molecule has 152 valence electrons. The van der Waals surface area contributed by atoms with Gasteiger partial charge in [-0.15, -0.1) is 24.0 Å². The summed E-state index contributed by atoms with van der Waals surface area (Å²) in [6.07, 6.45) is 2.11. The number of aromatic nitrogens is 2. The molecule has 0 aliphatic carbocycles. The molecule has 0 spiro atoms. The highest BCUT2D eigenvalue weighted by atomic mass is 127. The summed E-state index contributed by atoms with van der Waals surface area (Å²) in [5.74, 6) is 2.57. The van der Waals surface area contributed by atoms with Crippen molar-refractivity contribution in [2.45, 2.75) is 40.2 Å². The fourth-order valence-corrected chi connectivity index (χ4v) is 2.81. The van der Waals surface area contributed by atoms with E-state index in [1.54, 1.807) is 7.05 Å². The van der Waals surface area contributed by atoms with Gasteiger partial charge in [-0.3, -0.25) is 4.99 Å². The van der Waals surface area contributed by atoms with Gasteiger partial charge in [-0.25, -0.2) is 4.98 Å². The van der Waals surface area contributed by atoms with E-state index in [2.05, 4.69) is 64.1 Å². The van der Waals surface area contributed by atoms with Crippen LogP contribution in [0.25, 0.3) is 11.0 Å². The second-order valence-corrected chi connectivity index (χ2v) is 6.87. The number of hydrogen-bond acceptors (Lipinski definition) is 3. The maximum absolute atomic E-state index is 5.61. The molecule has 0 saturated heterocycles. The van der Waals surface area contributed by atoms with Crippen molar-refractivity contribution < 1.29 is 4.74 Å². The lowest BCUT2D eigenvalue weighted by atomic mass is 10.1. The van der Waals surface area contributed by atoms with Gasteiger partial charge in [-0.2, -0.15) is 0 Å². The summed E-state index contributed by atoms with van der Waals surface area (Å²) in [6, 6.07) is 8.28. The first-order valence-electron chi connectivity index (χ1n) is 9.56. The summed E-state index contributed by atoms with van der Waals surface area (Å²) in [6.45, 7) is 10.6. The number of nitrogens with zero attached hydrogens (tertiary/aromatic N) is 3. The summed E-state index contributed by atoms with van der Waals surface area (Å²) < 4.78 is 7.89. The number of nitrogens with one attached hydrogen (secondary N) is 2. The highest BCUT2D eigenvalue weighted by molar-refractivity contribution is 14.0. The fraction of sp³-hybridized carbons (Fsp3) is 0.600. The van der Waals surface area contributed by atoms with Gasteiger partial charge in [0.25, 0.3) is 0 Å². The molecule has 0 bridgehead atoms. The van der Waals surface area contributed by atoms with E-state index in [0.29, 0.717) is 12.5 Å². The van der Waals surface area contributed by atoms with E-state index in [-0.39, 0.29) is 24.0 Å². The molecule has 0 saturated carbocycles. The predicted molar refractivity (Wildman–Crippen MR) is 124 cm³/mol. The SMILES string of the molecule is CN=C(NCCCn1c(C)nc2ccccc21)NCCOCCC(C)C.I. The van der Waals surface area contributed by atoms with Crippen molar-refractivity contribution in [2.75, 3.05) is 33.4 Å². The minimum atomic E-state index is 0. The van der Waals surface area contributed by atoms with E-state index in [9.17, 15) is 0 Å². The van der Waals surface area contributed by atoms with Crippen LogP contribution in [0.1, 0.15) is 32.5 Å². The van der Waals surface area contributed by atoms with E-state index in [4.69, 9.17) is 4.74 Å². The van der Waals surface area contributed by atoms with Gasteiger partial charge in [0.15, 0.2) is 5.96 Å². The largest absolute Gasteiger partial charge is 0.380 e. The molecule has 1 heterocycles. The molecule has 0 unspecified atom stereocenters. The standard InChI is InChI=1S/C20H33N5O.HI/c1-16(2)10-14-26-15-12-23-20(21-4)22-11-7-13-25-17(3)24-18-8-5-6-9-19(18)25;/h5-6,8-9,16H,7,10-15H2,1-4H3,(H2,21,22,23);1H. The van der Waals surface area contributed by atoms with Gasteiger partial charge in [0.05, 0.1) is 17.6 Å². The maximum atomic E-state index is 5.61. The average Bonchev–Trinajstić information content (AvgIpc) is 2.94. The van der Waals surface area contributed by atoms with E-state index in [0.717, 1.165) is 56.4 Å². The molecule has 2 N–H and O–H groups in total. The minimum Gasteiger partial charge on any atom is -0.380 e. The first-order valence-corrected chi connectivity index (χ1v) is 9.56. The molecule has 2 aromatic rings. The van der Waals surface area contributed by atoms with Crippen LogP contribution in [0.4, 0.5) is 0 Å². The summed E-state index contributed by atoms with van der Waals surface area (Å²) in [5.41, 5.74) is 2.26. The zero-order valence-corrected chi connectivity index (χ0v) is 19.3. The van der Waals surface area contributed by atoms with Crippen LogP contribution in [0.2, 0.25) is 0 Å². The number of para-hydroxylation sites is 2. The van der Waals surface area contributed by atoms with Crippen molar-refractivity contribution >= 4 is 41.0 Å². The lowest BCUT2D eigenvalue weighted by Crippen LogP contribution is -2.39. The first kappa shape index (κ1) is 23.7. The Labute approximate surface area is 180 Å². The van der Waals surface area contributed by atoms with Crippen molar-refractivity contribution in [1.29, 1.82) is 0 Å². The number of imidazole rings is 1. The highest BCUT2D eigenvalue weighted by Crippen LogP contribution is 2.15. The van der Waals surface area contributed by atoms with Gasteiger partial charge in [-0.1, -0.05) is 26.0 Å². The molecule has 0 amide bonds. The number of fused-ring (bicyclic) bond motifs is 1. The molecule has 0 atom stereocenters. The fourth-order valence-electron chi connectivity index (χ4n) is 2.81. The number of ether oxygens (including phenoxy) is 1. The molecule has 27 heavy (non-hydrogen) atoms. The number of aliphatic imine (C=N–C) groups is 1. The summed E-state index contributed by atoms with van der Waals surface area (Å²) in [7, 11) is 1.79. The third-order valence-corrected chi connectivity index (χ3v) is 4.30. The summed E-state index contributed by atoms with van der Waals surface area (Å²) in [5, 5.41) is 6.65. The number of benzene rings is 1. The topological polar surface area (TPSA) is 63.5 Å². The van der Waals surface area contributed by atoms with E-state index in [1.807, 2.05) is 6.07 Å². The van der Waals surface area contributed by atoms with Gasteiger partial charge >= 0.3 is 0 Å². The second-order valence-electron chi connectivity index (χ2n) is 6.87. The Bertz CT molecular complexity index is 699. The molecule has 6 nitrogen and oxygen atoms in total. The Morgan fingerprint density at radius 2 is 1.93 bits per heavy atom. The highest BCUT2D eigenvalue weighted by Gasteiger charge is 2.06. The molecular weight excluding hydrogens is 453 g/mol. The van der Waals surface area contributed by atoms with Crippen LogP contribution >= 0.6 is 24.0 Å². The second kappa shape index (κ2) is 12.9. The molecule has 0 aliphatic rings. The lowest BCUT2D eigenvalue weighted by molar-refractivity contribution is 0.128. The zero-order valence-electron chi connectivity index (χ0n) is 17.0. The minimum absolute atomic E-state index is 0. The number of guanidine groups is 1. The average molecular weight is 487 g/mol. The Hall–Kier alpha value is -1.35. The third kappa shape index (κ3) is 8.04.